The molecule has 0 aliphatic heterocycles. The Balaban J connectivity index is 3.79. The Morgan fingerprint density at radius 1 is 1.58 bits per heavy atom. The van der Waals surface area contributed by atoms with Crippen LogP contribution in [0.5, 0.6) is 0 Å². The highest BCUT2D eigenvalue weighted by Gasteiger charge is 2.15. The summed E-state index contributed by atoms with van der Waals surface area (Å²) in [6.45, 7) is 12.8. The largest absolute Gasteiger partial charge is 0.337 e. The number of rotatable bonds is 5. The van der Waals surface area contributed by atoms with Crippen molar-refractivity contribution in [2.24, 2.45) is 5.92 Å². The van der Waals surface area contributed by atoms with Crippen LogP contribution in [0.4, 0.5) is 0 Å². The van der Waals surface area contributed by atoms with Crippen molar-refractivity contribution in [3.63, 3.8) is 0 Å². The molecule has 0 aromatic heterocycles. The van der Waals surface area contributed by atoms with Crippen LogP contribution in [0.1, 0.15) is 6.92 Å². The molecule has 0 saturated heterocycles. The molecule has 0 amide bonds. The first kappa shape index (κ1) is 11.6. The smallest absolute Gasteiger partial charge is 0.159 e. The molecule has 0 aliphatic carbocycles. The van der Waals surface area contributed by atoms with E-state index in [1.807, 2.05) is 6.92 Å². The molecular weight excluding hydrogens is 166 g/mol. The molecule has 2 nitrogen and oxygen atoms in total. The van der Waals surface area contributed by atoms with E-state index in [0.717, 1.165) is 6.54 Å². The molecule has 0 heterocycles. The number of carbonyl (C=O) groups excluding carboxylic acids is 1. The van der Waals surface area contributed by atoms with Crippen molar-refractivity contribution in [1.82, 2.24) is 4.98 Å². The number of allylic oxidation sites excluding steroid dienone is 1. The lowest BCUT2D eigenvalue weighted by atomic mass is 10.1. The van der Waals surface area contributed by atoms with Crippen molar-refractivity contribution in [3.8, 4) is 0 Å². The third-order valence-corrected chi connectivity index (χ3v) is 2.89. The van der Waals surface area contributed by atoms with E-state index < -0.39 is 8.24 Å². The van der Waals surface area contributed by atoms with Gasteiger partial charge < -0.3 is 4.98 Å². The second-order valence-electron chi connectivity index (χ2n) is 4.14. The standard InChI is InChI=1S/C9H19NOSi/c1-6-9(11)8(2)7-10-12(3,4)5/h6,8,10H,1,7H2,2-5H3. The molecular formula is C9H19NOSi. The molecule has 0 aromatic carbocycles. The highest BCUT2D eigenvalue weighted by Crippen LogP contribution is 2.00. The van der Waals surface area contributed by atoms with Crippen molar-refractivity contribution < 1.29 is 4.79 Å². The van der Waals surface area contributed by atoms with Crippen molar-refractivity contribution in [3.05, 3.63) is 12.7 Å². The van der Waals surface area contributed by atoms with Crippen LogP contribution in [0.2, 0.25) is 19.6 Å². The lowest BCUT2D eigenvalue weighted by Gasteiger charge is -2.20. The lowest BCUT2D eigenvalue weighted by Crippen LogP contribution is -2.44. The molecule has 1 atom stereocenters. The summed E-state index contributed by atoms with van der Waals surface area (Å²) in [5.41, 5.74) is 0. The lowest BCUT2D eigenvalue weighted by molar-refractivity contribution is -0.117. The fourth-order valence-electron chi connectivity index (χ4n) is 0.761. The number of nitrogens with one attached hydrogen (secondary N) is 1. The molecule has 70 valence electrons. The average molecular weight is 185 g/mol. The SMILES string of the molecule is C=CC(=O)C(C)CN[Si](C)(C)C. The summed E-state index contributed by atoms with van der Waals surface area (Å²) in [6, 6.07) is 0. The molecule has 12 heavy (non-hydrogen) atoms. The van der Waals surface area contributed by atoms with E-state index in [-0.39, 0.29) is 11.7 Å². The molecule has 1 N–H and O–H groups in total. The number of ketones is 1. The van der Waals surface area contributed by atoms with Crippen LogP contribution in [0.15, 0.2) is 12.7 Å². The van der Waals surface area contributed by atoms with Crippen LogP contribution in [0, 0.1) is 5.92 Å². The van der Waals surface area contributed by atoms with Gasteiger partial charge in [-0.1, -0.05) is 33.1 Å². The quantitative estimate of drug-likeness (QED) is 0.523. The van der Waals surface area contributed by atoms with E-state index in [4.69, 9.17) is 0 Å². The van der Waals surface area contributed by atoms with Crippen molar-refractivity contribution in [2.75, 3.05) is 6.54 Å². The molecule has 1 unspecified atom stereocenters. The first-order valence-corrected chi connectivity index (χ1v) is 7.78. The average Bonchev–Trinajstić information content (AvgIpc) is 1.97. The Bertz CT molecular complexity index is 172. The molecule has 0 fully saturated rings. The van der Waals surface area contributed by atoms with E-state index in [1.165, 1.54) is 6.08 Å². The summed E-state index contributed by atoms with van der Waals surface area (Å²) in [7, 11) is -1.22. The summed E-state index contributed by atoms with van der Waals surface area (Å²) >= 11 is 0. The Kier molecular flexibility index (Phi) is 4.42. The van der Waals surface area contributed by atoms with E-state index in [2.05, 4.69) is 31.2 Å². The molecule has 0 spiro atoms. The molecule has 0 aliphatic rings. The van der Waals surface area contributed by atoms with E-state index in [9.17, 15) is 4.79 Å². The zero-order valence-corrected chi connectivity index (χ0v) is 9.48. The van der Waals surface area contributed by atoms with Gasteiger partial charge in [0.2, 0.25) is 0 Å². The first-order valence-electron chi connectivity index (χ1n) is 4.28. The molecule has 3 heteroatoms. The van der Waals surface area contributed by atoms with Gasteiger partial charge in [-0.25, -0.2) is 0 Å². The van der Waals surface area contributed by atoms with Crippen molar-refractivity contribution in [2.45, 2.75) is 26.6 Å². The minimum Gasteiger partial charge on any atom is -0.337 e. The Labute approximate surface area is 76.1 Å². The van der Waals surface area contributed by atoms with Crippen LogP contribution in [0.25, 0.3) is 0 Å². The van der Waals surface area contributed by atoms with Gasteiger partial charge in [0.25, 0.3) is 0 Å². The summed E-state index contributed by atoms with van der Waals surface area (Å²) in [5.74, 6) is 0.190. The van der Waals surface area contributed by atoms with Gasteiger partial charge >= 0.3 is 0 Å². The summed E-state index contributed by atoms with van der Waals surface area (Å²) in [6.07, 6.45) is 1.40. The van der Waals surface area contributed by atoms with E-state index in [0.29, 0.717) is 0 Å². The molecule has 0 aromatic rings. The monoisotopic (exact) mass is 185 g/mol. The van der Waals surface area contributed by atoms with Gasteiger partial charge in [-0.3, -0.25) is 4.79 Å². The third-order valence-electron chi connectivity index (χ3n) is 1.63. The molecule has 0 bridgehead atoms. The highest BCUT2D eigenvalue weighted by molar-refractivity contribution is 6.73. The van der Waals surface area contributed by atoms with Gasteiger partial charge in [-0.2, -0.15) is 0 Å². The van der Waals surface area contributed by atoms with Crippen LogP contribution < -0.4 is 4.98 Å². The number of hydrogen-bond acceptors (Lipinski definition) is 2. The molecule has 0 radical (unpaired) electrons. The van der Waals surface area contributed by atoms with Crippen molar-refractivity contribution in [1.29, 1.82) is 0 Å². The second-order valence-corrected chi connectivity index (χ2v) is 8.99. The minimum atomic E-state index is -1.22. The van der Waals surface area contributed by atoms with Gasteiger partial charge in [0.15, 0.2) is 5.78 Å². The Morgan fingerprint density at radius 2 is 2.08 bits per heavy atom. The summed E-state index contributed by atoms with van der Waals surface area (Å²) < 4.78 is 0. The maximum atomic E-state index is 11.1. The number of hydrogen-bond donors (Lipinski definition) is 1. The maximum absolute atomic E-state index is 11.1. The highest BCUT2D eigenvalue weighted by atomic mass is 28.3. The van der Waals surface area contributed by atoms with Crippen LogP contribution in [-0.4, -0.2) is 20.6 Å². The van der Waals surface area contributed by atoms with Gasteiger partial charge in [0.05, 0.1) is 0 Å². The predicted octanol–water partition coefficient (Wildman–Crippen LogP) is 1.80. The van der Waals surface area contributed by atoms with Gasteiger partial charge in [-0.05, 0) is 12.6 Å². The molecule has 0 saturated carbocycles. The topological polar surface area (TPSA) is 29.1 Å². The second kappa shape index (κ2) is 4.57. The van der Waals surface area contributed by atoms with Crippen LogP contribution in [-0.2, 0) is 4.79 Å². The molecule has 0 rings (SSSR count). The summed E-state index contributed by atoms with van der Waals surface area (Å²) in [5, 5.41) is 0. The Hall–Kier alpha value is -0.413. The van der Waals surface area contributed by atoms with Gasteiger partial charge in [-0.15, -0.1) is 0 Å². The van der Waals surface area contributed by atoms with Crippen LogP contribution in [0.3, 0.4) is 0 Å². The fourth-order valence-corrected chi connectivity index (χ4v) is 1.68. The third kappa shape index (κ3) is 5.27. The first-order chi connectivity index (χ1) is 5.37. The zero-order valence-electron chi connectivity index (χ0n) is 8.48. The fraction of sp³-hybridized carbons (Fsp3) is 0.667. The zero-order chi connectivity index (χ0) is 9.78. The normalized spacial score (nSPS) is 14.0. The van der Waals surface area contributed by atoms with Crippen LogP contribution >= 0.6 is 0 Å². The maximum Gasteiger partial charge on any atom is 0.159 e. The number of carbonyl (C=O) groups is 1. The van der Waals surface area contributed by atoms with Crippen molar-refractivity contribution >= 4 is 14.0 Å². The van der Waals surface area contributed by atoms with E-state index in [1.54, 1.807) is 0 Å². The van der Waals surface area contributed by atoms with E-state index >= 15 is 0 Å². The van der Waals surface area contributed by atoms with Gasteiger partial charge in [0, 0.05) is 5.92 Å². The van der Waals surface area contributed by atoms with Gasteiger partial charge in [0.1, 0.15) is 8.24 Å². The summed E-state index contributed by atoms with van der Waals surface area (Å²) in [4.78, 5) is 14.5. The minimum absolute atomic E-state index is 0.0641. The predicted molar refractivity (Wildman–Crippen MR) is 55.7 cm³/mol. The Morgan fingerprint density at radius 3 is 2.42 bits per heavy atom.